The molecule has 0 saturated carbocycles. The van der Waals surface area contributed by atoms with Gasteiger partial charge in [-0.15, -0.1) is 0 Å². The average molecular weight is 385 g/mol. The van der Waals surface area contributed by atoms with Crippen LogP contribution in [-0.2, 0) is 13.1 Å². The Balaban J connectivity index is 1.54. The first-order valence-electron chi connectivity index (χ1n) is 9.22. The fourth-order valence-electron chi connectivity index (χ4n) is 2.93. The molecule has 0 spiro atoms. The highest BCUT2D eigenvalue weighted by Gasteiger charge is 2.06. The van der Waals surface area contributed by atoms with Crippen molar-refractivity contribution in [2.75, 3.05) is 13.1 Å². The monoisotopic (exact) mass is 384 g/mol. The van der Waals surface area contributed by atoms with Gasteiger partial charge in [-0.1, -0.05) is 29.8 Å². The first-order chi connectivity index (χ1) is 13.2. The number of nitrogens with one attached hydrogen (secondary N) is 2. The van der Waals surface area contributed by atoms with Crippen molar-refractivity contribution in [3.05, 3.63) is 59.1 Å². The molecule has 0 amide bonds. The Morgan fingerprint density at radius 1 is 1.19 bits per heavy atom. The topological polar surface area (TPSA) is 67.1 Å². The normalized spacial score (nSPS) is 11.7. The molecule has 0 fully saturated rings. The van der Waals surface area contributed by atoms with Gasteiger partial charge in [-0.25, -0.2) is 15.0 Å². The number of para-hydroxylation sites is 2. The molecule has 3 rings (SSSR count). The molecule has 0 radical (unpaired) electrons. The van der Waals surface area contributed by atoms with Crippen molar-refractivity contribution in [1.29, 1.82) is 0 Å². The van der Waals surface area contributed by atoms with Crippen molar-refractivity contribution in [3.63, 3.8) is 0 Å². The fourth-order valence-corrected chi connectivity index (χ4v) is 3.05. The highest BCUT2D eigenvalue weighted by Crippen LogP contribution is 2.15. The Bertz CT molecular complexity index is 900. The molecule has 142 valence electrons. The number of hydrogen-bond donors (Lipinski definition) is 2. The maximum absolute atomic E-state index is 5.82. The number of aryl methyl sites for hydroxylation is 2. The standard InChI is InChI=1S/C20H25ClN6/c1-3-22-20(25-14-16-9-10-19(21)24-13-16)23-11-6-12-27-15(2)26-17-7-4-5-8-18(17)27/h4-5,7-10,13H,3,6,11-12,14H2,1-2H3,(H2,22,23,25). The van der Waals surface area contributed by atoms with E-state index in [1.54, 1.807) is 12.3 Å². The number of fused-ring (bicyclic) bond motifs is 1. The summed E-state index contributed by atoms with van der Waals surface area (Å²) >= 11 is 5.82. The third-order valence-corrected chi connectivity index (χ3v) is 4.47. The Hall–Kier alpha value is -2.60. The van der Waals surface area contributed by atoms with Crippen LogP contribution in [-0.4, -0.2) is 33.6 Å². The quantitative estimate of drug-likeness (QED) is 0.283. The highest BCUT2D eigenvalue weighted by atomic mass is 35.5. The predicted molar refractivity (Wildman–Crippen MR) is 111 cm³/mol. The zero-order valence-electron chi connectivity index (χ0n) is 15.7. The highest BCUT2D eigenvalue weighted by molar-refractivity contribution is 6.29. The van der Waals surface area contributed by atoms with Crippen LogP contribution in [0.25, 0.3) is 11.0 Å². The van der Waals surface area contributed by atoms with E-state index in [1.165, 1.54) is 5.52 Å². The van der Waals surface area contributed by atoms with Gasteiger partial charge in [-0.2, -0.15) is 0 Å². The molecule has 2 aromatic heterocycles. The van der Waals surface area contributed by atoms with Crippen LogP contribution in [0, 0.1) is 6.92 Å². The first-order valence-corrected chi connectivity index (χ1v) is 9.59. The SMILES string of the molecule is CCNC(=NCc1ccc(Cl)nc1)NCCCn1c(C)nc2ccccc21. The first kappa shape index (κ1) is 19.2. The van der Waals surface area contributed by atoms with E-state index in [-0.39, 0.29) is 0 Å². The number of hydrogen-bond acceptors (Lipinski definition) is 3. The summed E-state index contributed by atoms with van der Waals surface area (Å²) in [6.07, 6.45) is 2.73. The van der Waals surface area contributed by atoms with E-state index in [0.717, 1.165) is 48.9 Å². The molecule has 1 aromatic carbocycles. The van der Waals surface area contributed by atoms with E-state index in [1.807, 2.05) is 12.1 Å². The van der Waals surface area contributed by atoms with Crippen molar-refractivity contribution in [2.45, 2.75) is 33.4 Å². The maximum atomic E-state index is 5.82. The summed E-state index contributed by atoms with van der Waals surface area (Å²) in [6.45, 7) is 7.23. The van der Waals surface area contributed by atoms with E-state index >= 15 is 0 Å². The second kappa shape index (κ2) is 9.37. The van der Waals surface area contributed by atoms with E-state index < -0.39 is 0 Å². The summed E-state index contributed by atoms with van der Waals surface area (Å²) < 4.78 is 2.26. The molecule has 0 aliphatic carbocycles. The molecule has 0 aliphatic rings. The van der Waals surface area contributed by atoms with Crippen LogP contribution in [0.15, 0.2) is 47.6 Å². The largest absolute Gasteiger partial charge is 0.357 e. The second-order valence-electron chi connectivity index (χ2n) is 6.26. The van der Waals surface area contributed by atoms with Gasteiger partial charge in [-0.3, -0.25) is 0 Å². The Kier molecular flexibility index (Phi) is 6.65. The van der Waals surface area contributed by atoms with Gasteiger partial charge < -0.3 is 15.2 Å². The van der Waals surface area contributed by atoms with E-state index in [2.05, 4.69) is 62.2 Å². The molecule has 6 nitrogen and oxygen atoms in total. The van der Waals surface area contributed by atoms with Crippen molar-refractivity contribution in [3.8, 4) is 0 Å². The van der Waals surface area contributed by atoms with Crippen LogP contribution in [0.5, 0.6) is 0 Å². The maximum Gasteiger partial charge on any atom is 0.191 e. The summed E-state index contributed by atoms with van der Waals surface area (Å²) in [5.41, 5.74) is 3.26. The molecule has 0 aliphatic heterocycles. The lowest BCUT2D eigenvalue weighted by molar-refractivity contribution is 0.624. The van der Waals surface area contributed by atoms with Gasteiger partial charge in [0.1, 0.15) is 11.0 Å². The number of imidazole rings is 1. The molecule has 2 heterocycles. The van der Waals surface area contributed by atoms with Crippen molar-refractivity contribution >= 4 is 28.6 Å². The van der Waals surface area contributed by atoms with Crippen molar-refractivity contribution in [1.82, 2.24) is 25.2 Å². The molecule has 2 N–H and O–H groups in total. The van der Waals surface area contributed by atoms with Crippen LogP contribution >= 0.6 is 11.6 Å². The average Bonchev–Trinajstić information content (AvgIpc) is 2.99. The molecular weight excluding hydrogens is 360 g/mol. The lowest BCUT2D eigenvalue weighted by atomic mass is 10.3. The molecule has 0 unspecified atom stereocenters. The molecule has 27 heavy (non-hydrogen) atoms. The Labute approximate surface area is 164 Å². The fraction of sp³-hybridized carbons (Fsp3) is 0.350. The van der Waals surface area contributed by atoms with E-state index in [9.17, 15) is 0 Å². The lowest BCUT2D eigenvalue weighted by Crippen LogP contribution is -2.38. The summed E-state index contributed by atoms with van der Waals surface area (Å²) in [5, 5.41) is 7.16. The second-order valence-corrected chi connectivity index (χ2v) is 6.65. The van der Waals surface area contributed by atoms with Gasteiger partial charge in [0.2, 0.25) is 0 Å². The van der Waals surface area contributed by atoms with Crippen molar-refractivity contribution in [2.24, 2.45) is 4.99 Å². The predicted octanol–water partition coefficient (Wildman–Crippen LogP) is 3.54. The number of guanidine groups is 1. The number of nitrogens with zero attached hydrogens (tertiary/aromatic N) is 4. The summed E-state index contributed by atoms with van der Waals surface area (Å²) in [6, 6.07) is 12.0. The summed E-state index contributed by atoms with van der Waals surface area (Å²) in [5.74, 6) is 1.85. The lowest BCUT2D eigenvalue weighted by Gasteiger charge is -2.12. The summed E-state index contributed by atoms with van der Waals surface area (Å²) in [7, 11) is 0. The van der Waals surface area contributed by atoms with Gasteiger partial charge in [0.25, 0.3) is 0 Å². The zero-order chi connectivity index (χ0) is 19.1. The molecule has 0 saturated heterocycles. The van der Waals surface area contributed by atoms with Crippen LogP contribution < -0.4 is 10.6 Å². The van der Waals surface area contributed by atoms with Crippen LogP contribution in [0.4, 0.5) is 0 Å². The van der Waals surface area contributed by atoms with Crippen LogP contribution in [0.1, 0.15) is 24.7 Å². The van der Waals surface area contributed by atoms with Gasteiger partial charge in [0.15, 0.2) is 5.96 Å². The van der Waals surface area contributed by atoms with E-state index in [4.69, 9.17) is 11.6 Å². The number of aliphatic imine (C=N–C) groups is 1. The molecule has 0 bridgehead atoms. The minimum atomic E-state index is 0.495. The number of rotatable bonds is 7. The third-order valence-electron chi connectivity index (χ3n) is 4.25. The van der Waals surface area contributed by atoms with Gasteiger partial charge >= 0.3 is 0 Å². The molecular formula is C20H25ClN6. The number of benzene rings is 1. The van der Waals surface area contributed by atoms with Gasteiger partial charge in [-0.05, 0) is 44.0 Å². The molecule has 7 heteroatoms. The minimum absolute atomic E-state index is 0.495. The minimum Gasteiger partial charge on any atom is -0.357 e. The number of pyridine rings is 1. The van der Waals surface area contributed by atoms with Gasteiger partial charge in [0.05, 0.1) is 17.6 Å². The van der Waals surface area contributed by atoms with E-state index in [0.29, 0.717) is 11.7 Å². The Morgan fingerprint density at radius 2 is 2.04 bits per heavy atom. The number of aromatic nitrogens is 3. The van der Waals surface area contributed by atoms with Crippen LogP contribution in [0.2, 0.25) is 5.15 Å². The number of halogens is 1. The molecule has 0 atom stereocenters. The van der Waals surface area contributed by atoms with Gasteiger partial charge in [0, 0.05) is 25.8 Å². The smallest absolute Gasteiger partial charge is 0.191 e. The van der Waals surface area contributed by atoms with Crippen LogP contribution in [0.3, 0.4) is 0 Å². The summed E-state index contributed by atoms with van der Waals surface area (Å²) in [4.78, 5) is 13.3. The zero-order valence-corrected chi connectivity index (χ0v) is 16.5. The third kappa shape index (κ3) is 5.20. The Morgan fingerprint density at radius 3 is 2.81 bits per heavy atom. The molecule has 3 aromatic rings. The van der Waals surface area contributed by atoms with Crippen molar-refractivity contribution < 1.29 is 0 Å².